The maximum absolute atomic E-state index is 6.01. The van der Waals surface area contributed by atoms with E-state index in [2.05, 4.69) is 11.6 Å². The highest BCUT2D eigenvalue weighted by atomic mass is 35.5. The molecule has 0 saturated carbocycles. The standard InChI is InChI=1S/C13H13ClN2S2/c1-8(2)7-17-13-16-11(12(15)18-13)9-3-5-10(14)6-4-9/h3-6H,1,7,15H2,2H3. The largest absolute Gasteiger partial charge is 0.389 e. The van der Waals surface area contributed by atoms with Crippen LogP contribution in [0.2, 0.25) is 5.02 Å². The molecule has 0 aliphatic carbocycles. The molecule has 5 heteroatoms. The summed E-state index contributed by atoms with van der Waals surface area (Å²) in [5.41, 5.74) is 8.96. The second-order valence-corrected chi connectivity index (χ2v) is 6.63. The summed E-state index contributed by atoms with van der Waals surface area (Å²) in [6.07, 6.45) is 0. The number of hydrogen-bond acceptors (Lipinski definition) is 4. The Morgan fingerprint density at radius 1 is 1.44 bits per heavy atom. The number of thiazole rings is 1. The quantitative estimate of drug-likeness (QED) is 0.656. The van der Waals surface area contributed by atoms with Crippen LogP contribution < -0.4 is 5.73 Å². The molecule has 94 valence electrons. The van der Waals surface area contributed by atoms with Gasteiger partial charge in [0.05, 0.1) is 0 Å². The summed E-state index contributed by atoms with van der Waals surface area (Å²) in [5, 5.41) is 1.45. The zero-order chi connectivity index (χ0) is 13.1. The molecule has 0 fully saturated rings. The minimum atomic E-state index is 0.712. The molecular weight excluding hydrogens is 284 g/mol. The van der Waals surface area contributed by atoms with Crippen LogP contribution in [0.5, 0.6) is 0 Å². The van der Waals surface area contributed by atoms with Gasteiger partial charge in [-0.15, -0.1) is 0 Å². The lowest BCUT2D eigenvalue weighted by Gasteiger charge is -1.98. The van der Waals surface area contributed by atoms with Crippen LogP contribution in [0.3, 0.4) is 0 Å². The van der Waals surface area contributed by atoms with E-state index in [-0.39, 0.29) is 0 Å². The van der Waals surface area contributed by atoms with Crippen molar-refractivity contribution in [2.75, 3.05) is 11.5 Å². The summed E-state index contributed by atoms with van der Waals surface area (Å²) in [4.78, 5) is 4.55. The fraction of sp³-hybridized carbons (Fsp3) is 0.154. The lowest BCUT2D eigenvalue weighted by molar-refractivity contribution is 1.25. The molecule has 0 radical (unpaired) electrons. The van der Waals surface area contributed by atoms with Gasteiger partial charge >= 0.3 is 0 Å². The lowest BCUT2D eigenvalue weighted by Crippen LogP contribution is -1.85. The van der Waals surface area contributed by atoms with Crippen LogP contribution >= 0.6 is 34.7 Å². The molecule has 2 aromatic rings. The topological polar surface area (TPSA) is 38.9 Å². The maximum atomic E-state index is 6.01. The number of nitrogens with zero attached hydrogens (tertiary/aromatic N) is 1. The van der Waals surface area contributed by atoms with Gasteiger partial charge in [-0.1, -0.05) is 59.0 Å². The Labute approximate surface area is 120 Å². The molecule has 0 aliphatic rings. The Morgan fingerprint density at radius 3 is 2.72 bits per heavy atom. The van der Waals surface area contributed by atoms with E-state index >= 15 is 0 Å². The van der Waals surface area contributed by atoms with Crippen molar-refractivity contribution in [3.63, 3.8) is 0 Å². The van der Waals surface area contributed by atoms with Gasteiger partial charge in [0.15, 0.2) is 4.34 Å². The number of aromatic nitrogens is 1. The Kier molecular flexibility index (Phi) is 4.32. The Bertz CT molecular complexity index is 561. The Hall–Kier alpha value is -0.970. The van der Waals surface area contributed by atoms with Gasteiger partial charge in [-0.2, -0.15) is 0 Å². The first-order valence-corrected chi connectivity index (χ1v) is 7.53. The minimum Gasteiger partial charge on any atom is -0.389 e. The molecule has 0 unspecified atom stereocenters. The highest BCUT2D eigenvalue weighted by Gasteiger charge is 2.10. The smallest absolute Gasteiger partial charge is 0.152 e. The predicted molar refractivity (Wildman–Crippen MR) is 82.5 cm³/mol. The van der Waals surface area contributed by atoms with Crippen molar-refractivity contribution < 1.29 is 0 Å². The van der Waals surface area contributed by atoms with Crippen LogP contribution in [0.25, 0.3) is 11.3 Å². The third-order valence-corrected chi connectivity index (χ3v) is 4.70. The molecule has 1 heterocycles. The third-order valence-electron chi connectivity index (χ3n) is 2.19. The molecule has 0 saturated heterocycles. The van der Waals surface area contributed by atoms with Gasteiger partial charge in [-0.05, 0) is 19.1 Å². The molecule has 0 amide bonds. The van der Waals surface area contributed by atoms with Crippen molar-refractivity contribution in [3.05, 3.63) is 41.4 Å². The fourth-order valence-electron chi connectivity index (χ4n) is 1.37. The second kappa shape index (κ2) is 5.78. The Morgan fingerprint density at radius 2 is 2.11 bits per heavy atom. The van der Waals surface area contributed by atoms with Gasteiger partial charge in [0.2, 0.25) is 0 Å². The molecule has 2 rings (SSSR count). The molecule has 0 bridgehead atoms. The van der Waals surface area contributed by atoms with Gasteiger partial charge in [0, 0.05) is 16.3 Å². The summed E-state index contributed by atoms with van der Waals surface area (Å²) < 4.78 is 0.973. The SMILES string of the molecule is C=C(C)CSc1nc(-c2ccc(Cl)cc2)c(N)s1. The number of rotatable bonds is 4. The number of nitrogen functional groups attached to an aromatic ring is 1. The molecule has 1 aromatic carbocycles. The van der Waals surface area contributed by atoms with Crippen molar-refractivity contribution >= 4 is 39.7 Å². The normalized spacial score (nSPS) is 10.6. The van der Waals surface area contributed by atoms with E-state index in [0.717, 1.165) is 31.9 Å². The van der Waals surface area contributed by atoms with E-state index in [4.69, 9.17) is 17.3 Å². The molecule has 0 aliphatic heterocycles. The molecule has 0 atom stereocenters. The average molecular weight is 297 g/mol. The molecule has 2 N–H and O–H groups in total. The van der Waals surface area contributed by atoms with Gasteiger partial charge in [-0.25, -0.2) is 4.98 Å². The Balaban J connectivity index is 2.23. The summed E-state index contributed by atoms with van der Waals surface area (Å²) in [7, 11) is 0. The van der Waals surface area contributed by atoms with Crippen molar-refractivity contribution in [2.24, 2.45) is 0 Å². The summed E-state index contributed by atoms with van der Waals surface area (Å²) in [6, 6.07) is 7.55. The number of halogens is 1. The van der Waals surface area contributed by atoms with Crippen molar-refractivity contribution in [3.8, 4) is 11.3 Å². The van der Waals surface area contributed by atoms with Gasteiger partial charge in [-0.3, -0.25) is 0 Å². The van der Waals surface area contributed by atoms with Crippen LogP contribution in [-0.2, 0) is 0 Å². The number of nitrogens with two attached hydrogens (primary N) is 1. The lowest BCUT2D eigenvalue weighted by atomic mass is 10.2. The highest BCUT2D eigenvalue weighted by Crippen LogP contribution is 2.36. The molecular formula is C13H13ClN2S2. The van der Waals surface area contributed by atoms with E-state index in [0.29, 0.717) is 5.02 Å². The van der Waals surface area contributed by atoms with E-state index < -0.39 is 0 Å². The van der Waals surface area contributed by atoms with Gasteiger partial charge in [0.25, 0.3) is 0 Å². The first kappa shape index (κ1) is 13.5. The number of hydrogen-bond donors (Lipinski definition) is 1. The van der Waals surface area contributed by atoms with Crippen LogP contribution in [0, 0.1) is 0 Å². The van der Waals surface area contributed by atoms with Gasteiger partial charge in [0.1, 0.15) is 10.7 Å². The van der Waals surface area contributed by atoms with E-state index in [1.807, 2.05) is 31.2 Å². The second-order valence-electron chi connectivity index (χ2n) is 3.95. The summed E-state index contributed by atoms with van der Waals surface area (Å²) in [6.45, 7) is 5.88. The average Bonchev–Trinajstić information content (AvgIpc) is 2.69. The van der Waals surface area contributed by atoms with Crippen LogP contribution in [-0.4, -0.2) is 10.7 Å². The zero-order valence-corrected chi connectivity index (χ0v) is 12.3. The fourth-order valence-corrected chi connectivity index (χ4v) is 3.29. The molecule has 0 spiro atoms. The van der Waals surface area contributed by atoms with Crippen molar-refractivity contribution in [1.82, 2.24) is 4.98 Å². The van der Waals surface area contributed by atoms with E-state index in [1.165, 1.54) is 11.3 Å². The van der Waals surface area contributed by atoms with Crippen molar-refractivity contribution in [1.29, 1.82) is 0 Å². The van der Waals surface area contributed by atoms with Crippen LogP contribution in [0.15, 0.2) is 40.8 Å². The van der Waals surface area contributed by atoms with Crippen LogP contribution in [0.4, 0.5) is 5.00 Å². The molecule has 18 heavy (non-hydrogen) atoms. The number of thioether (sulfide) groups is 1. The number of anilines is 1. The first-order valence-electron chi connectivity index (χ1n) is 5.35. The first-order chi connectivity index (χ1) is 8.56. The maximum Gasteiger partial charge on any atom is 0.152 e. The van der Waals surface area contributed by atoms with E-state index in [9.17, 15) is 0 Å². The molecule has 1 aromatic heterocycles. The van der Waals surface area contributed by atoms with E-state index in [1.54, 1.807) is 11.8 Å². The third kappa shape index (κ3) is 3.28. The monoisotopic (exact) mass is 296 g/mol. The van der Waals surface area contributed by atoms with Crippen molar-refractivity contribution in [2.45, 2.75) is 11.3 Å². The minimum absolute atomic E-state index is 0.712. The van der Waals surface area contributed by atoms with Gasteiger partial charge < -0.3 is 5.73 Å². The zero-order valence-electron chi connectivity index (χ0n) is 9.94. The van der Waals surface area contributed by atoms with Crippen LogP contribution in [0.1, 0.15) is 6.92 Å². The number of benzene rings is 1. The summed E-state index contributed by atoms with van der Waals surface area (Å²) in [5.74, 6) is 0.868. The summed E-state index contributed by atoms with van der Waals surface area (Å²) >= 11 is 9.04. The molecule has 2 nitrogen and oxygen atoms in total. The predicted octanol–water partition coefficient (Wildman–Crippen LogP) is 4.71. The highest BCUT2D eigenvalue weighted by molar-refractivity contribution is 8.01.